The van der Waals surface area contributed by atoms with E-state index in [2.05, 4.69) is 5.32 Å². The first kappa shape index (κ1) is 16.1. The topological polar surface area (TPSA) is 69.6 Å². The Kier molecular flexibility index (Phi) is 4.21. The molecule has 25 heavy (non-hydrogen) atoms. The second-order valence-electron chi connectivity index (χ2n) is 6.64. The van der Waals surface area contributed by atoms with Crippen molar-refractivity contribution in [2.45, 2.75) is 25.2 Å². The smallest absolute Gasteiger partial charge is 0.263 e. The number of nitrogens with one attached hydrogen (secondary N) is 1. The number of carbonyl (C=O) groups excluding carboxylic acids is 2. The molecule has 2 amide bonds. The van der Waals surface area contributed by atoms with Crippen LogP contribution < -0.4 is 5.32 Å². The van der Waals surface area contributed by atoms with Crippen molar-refractivity contribution >= 4 is 23.2 Å². The number of fused-ring (bicyclic) bond motifs is 1. The van der Waals surface area contributed by atoms with Crippen LogP contribution in [0.15, 0.2) is 30.3 Å². The van der Waals surface area contributed by atoms with E-state index < -0.39 is 0 Å². The third-order valence-corrected chi connectivity index (χ3v) is 6.15. The number of carbonyl (C=O) groups is 2. The van der Waals surface area contributed by atoms with Gasteiger partial charge in [0, 0.05) is 30.4 Å². The predicted octanol–water partition coefficient (Wildman–Crippen LogP) is 2.76. The number of aromatic hydroxyl groups is 1. The molecule has 5 nitrogen and oxygen atoms in total. The average molecular weight is 356 g/mol. The molecular formula is C19H20N2O3S. The molecule has 0 spiro atoms. The van der Waals surface area contributed by atoms with Gasteiger partial charge in [-0.1, -0.05) is 12.1 Å². The van der Waals surface area contributed by atoms with Crippen LogP contribution in [0.25, 0.3) is 0 Å². The predicted molar refractivity (Wildman–Crippen MR) is 96.3 cm³/mol. The Labute approximate surface area is 150 Å². The van der Waals surface area contributed by atoms with Gasteiger partial charge in [0.15, 0.2) is 0 Å². The van der Waals surface area contributed by atoms with Crippen LogP contribution in [0.1, 0.15) is 49.2 Å². The lowest BCUT2D eigenvalue weighted by Crippen LogP contribution is -2.28. The minimum atomic E-state index is -0.0637. The van der Waals surface area contributed by atoms with Crippen LogP contribution in [0.5, 0.6) is 5.75 Å². The van der Waals surface area contributed by atoms with Crippen LogP contribution in [0.4, 0.5) is 0 Å². The summed E-state index contributed by atoms with van der Waals surface area (Å²) in [5.41, 5.74) is 1.81. The second kappa shape index (κ2) is 6.52. The zero-order chi connectivity index (χ0) is 17.4. The van der Waals surface area contributed by atoms with Gasteiger partial charge < -0.3 is 15.3 Å². The lowest BCUT2D eigenvalue weighted by atomic mass is 9.98. The highest BCUT2D eigenvalue weighted by molar-refractivity contribution is 7.14. The van der Waals surface area contributed by atoms with Crippen molar-refractivity contribution in [2.24, 2.45) is 0 Å². The molecule has 1 aromatic heterocycles. The lowest BCUT2D eigenvalue weighted by Gasteiger charge is -2.16. The van der Waals surface area contributed by atoms with Crippen molar-refractivity contribution < 1.29 is 14.7 Å². The van der Waals surface area contributed by atoms with Gasteiger partial charge in [0.05, 0.1) is 10.4 Å². The van der Waals surface area contributed by atoms with Crippen LogP contribution in [0.3, 0.4) is 0 Å². The Morgan fingerprint density at radius 2 is 2.08 bits per heavy atom. The summed E-state index contributed by atoms with van der Waals surface area (Å²) in [4.78, 5) is 28.5. The Balaban J connectivity index is 1.50. The van der Waals surface area contributed by atoms with Gasteiger partial charge in [0.1, 0.15) is 5.75 Å². The van der Waals surface area contributed by atoms with Gasteiger partial charge in [-0.15, -0.1) is 11.3 Å². The molecule has 1 saturated heterocycles. The van der Waals surface area contributed by atoms with Gasteiger partial charge in [0.25, 0.3) is 11.8 Å². The minimum Gasteiger partial charge on any atom is -0.508 e. The third kappa shape index (κ3) is 3.14. The highest BCUT2D eigenvalue weighted by Crippen LogP contribution is 2.32. The van der Waals surface area contributed by atoms with Gasteiger partial charge in [-0.25, -0.2) is 0 Å². The first-order valence-electron chi connectivity index (χ1n) is 8.61. The first-order valence-corrected chi connectivity index (χ1v) is 9.42. The number of aryl methyl sites for hydroxylation is 1. The Morgan fingerprint density at radius 3 is 2.88 bits per heavy atom. The van der Waals surface area contributed by atoms with Crippen molar-refractivity contribution in [1.82, 2.24) is 10.2 Å². The molecule has 1 atom stereocenters. The molecule has 2 aliphatic rings. The van der Waals surface area contributed by atoms with E-state index in [1.165, 1.54) is 11.3 Å². The van der Waals surface area contributed by atoms with Gasteiger partial charge in [-0.2, -0.15) is 0 Å². The Hall–Kier alpha value is -2.34. The van der Waals surface area contributed by atoms with Gasteiger partial charge in [-0.05, 0) is 43.0 Å². The number of thiophene rings is 1. The number of amides is 2. The van der Waals surface area contributed by atoms with E-state index in [9.17, 15) is 14.7 Å². The zero-order valence-electron chi connectivity index (χ0n) is 13.8. The van der Waals surface area contributed by atoms with Crippen LogP contribution in [-0.4, -0.2) is 41.5 Å². The second-order valence-corrected chi connectivity index (χ2v) is 7.77. The van der Waals surface area contributed by atoms with Gasteiger partial charge in [-0.3, -0.25) is 9.59 Å². The van der Waals surface area contributed by atoms with Crippen molar-refractivity contribution in [3.8, 4) is 5.75 Å². The van der Waals surface area contributed by atoms with Crippen molar-refractivity contribution in [3.05, 3.63) is 51.2 Å². The molecule has 0 bridgehead atoms. The number of benzene rings is 1. The number of rotatable bonds is 2. The summed E-state index contributed by atoms with van der Waals surface area (Å²) in [6, 6.07) is 8.98. The summed E-state index contributed by atoms with van der Waals surface area (Å²) in [6.45, 7) is 2.10. The van der Waals surface area contributed by atoms with E-state index in [4.69, 9.17) is 0 Å². The Morgan fingerprint density at radius 1 is 1.28 bits per heavy atom. The SMILES string of the molecule is O=C1NCCCc2sc(C(=O)N3CCC(c4ccc(O)cc4)C3)cc21. The summed E-state index contributed by atoms with van der Waals surface area (Å²) in [5.74, 6) is 0.511. The molecular weight excluding hydrogens is 336 g/mol. The number of phenols is 1. The normalized spacial score (nSPS) is 20.1. The molecule has 3 heterocycles. The highest BCUT2D eigenvalue weighted by Gasteiger charge is 2.30. The van der Waals surface area contributed by atoms with Crippen LogP contribution in [0.2, 0.25) is 0 Å². The number of nitrogens with zero attached hydrogens (tertiary/aromatic N) is 1. The van der Waals surface area contributed by atoms with Crippen LogP contribution in [-0.2, 0) is 6.42 Å². The van der Waals surface area contributed by atoms with E-state index in [1.54, 1.807) is 18.2 Å². The maximum absolute atomic E-state index is 12.9. The molecule has 1 fully saturated rings. The van der Waals surface area contributed by atoms with E-state index in [1.807, 2.05) is 17.0 Å². The van der Waals surface area contributed by atoms with E-state index in [0.29, 0.717) is 29.4 Å². The molecule has 1 aromatic carbocycles. The molecule has 1 unspecified atom stereocenters. The summed E-state index contributed by atoms with van der Waals surface area (Å²) in [6.07, 6.45) is 2.68. The molecule has 2 N–H and O–H groups in total. The van der Waals surface area contributed by atoms with Crippen molar-refractivity contribution in [3.63, 3.8) is 0 Å². The molecule has 0 saturated carbocycles. The first-order chi connectivity index (χ1) is 12.1. The number of phenolic OH excluding ortho intramolecular Hbond substituents is 1. The summed E-state index contributed by atoms with van der Waals surface area (Å²) in [5, 5.41) is 12.3. The molecule has 2 aliphatic heterocycles. The third-order valence-electron chi connectivity index (χ3n) is 4.97. The molecule has 2 aromatic rings. The number of hydrogen-bond donors (Lipinski definition) is 2. The maximum atomic E-state index is 12.9. The summed E-state index contributed by atoms with van der Waals surface area (Å²) >= 11 is 1.46. The average Bonchev–Trinajstić information content (AvgIpc) is 3.23. The maximum Gasteiger partial charge on any atom is 0.263 e. The van der Waals surface area contributed by atoms with E-state index in [0.717, 1.165) is 36.2 Å². The molecule has 0 radical (unpaired) electrons. The molecule has 6 heteroatoms. The highest BCUT2D eigenvalue weighted by atomic mass is 32.1. The van der Waals surface area contributed by atoms with Crippen LogP contribution >= 0.6 is 11.3 Å². The van der Waals surface area contributed by atoms with Gasteiger partial charge >= 0.3 is 0 Å². The summed E-state index contributed by atoms with van der Waals surface area (Å²) in [7, 11) is 0. The molecule has 130 valence electrons. The standard InChI is InChI=1S/C19H20N2O3S/c22-14-5-3-12(4-6-14)13-7-9-21(11-13)19(24)17-10-15-16(25-17)2-1-8-20-18(15)23/h3-6,10,13,22H,1-2,7-9,11H2,(H,20,23). The summed E-state index contributed by atoms with van der Waals surface area (Å²) < 4.78 is 0. The lowest BCUT2D eigenvalue weighted by molar-refractivity contribution is 0.0795. The fourth-order valence-electron chi connectivity index (χ4n) is 3.58. The fourth-order valence-corrected chi connectivity index (χ4v) is 4.74. The van der Waals surface area contributed by atoms with E-state index >= 15 is 0 Å². The monoisotopic (exact) mass is 356 g/mol. The van der Waals surface area contributed by atoms with Crippen LogP contribution in [0, 0.1) is 0 Å². The molecule has 4 rings (SSSR count). The van der Waals surface area contributed by atoms with Crippen molar-refractivity contribution in [2.75, 3.05) is 19.6 Å². The van der Waals surface area contributed by atoms with E-state index in [-0.39, 0.29) is 17.6 Å². The minimum absolute atomic E-state index is 0.0205. The molecule has 0 aliphatic carbocycles. The van der Waals surface area contributed by atoms with Crippen molar-refractivity contribution in [1.29, 1.82) is 0 Å². The largest absolute Gasteiger partial charge is 0.508 e. The quantitative estimate of drug-likeness (QED) is 0.869. The number of likely N-dealkylation sites (tertiary alicyclic amines) is 1. The number of hydrogen-bond acceptors (Lipinski definition) is 4. The van der Waals surface area contributed by atoms with Gasteiger partial charge in [0.2, 0.25) is 0 Å². The Bertz CT molecular complexity index is 813. The fraction of sp³-hybridized carbons (Fsp3) is 0.368. The zero-order valence-corrected chi connectivity index (χ0v) is 14.6.